The number of benzene rings is 2. The van der Waals surface area contributed by atoms with Crippen LogP contribution in [0.4, 0.5) is 0 Å². The van der Waals surface area contributed by atoms with Crippen LogP contribution in [0.15, 0.2) is 42.5 Å². The highest BCUT2D eigenvalue weighted by molar-refractivity contribution is 6.30. The largest absolute Gasteiger partial charge is 0.489 e. The first-order valence-corrected chi connectivity index (χ1v) is 8.42. The van der Waals surface area contributed by atoms with Gasteiger partial charge in [-0.2, -0.15) is 0 Å². The summed E-state index contributed by atoms with van der Waals surface area (Å²) in [5.74, 6) is 0.809. The molecule has 0 aliphatic rings. The molecule has 0 heterocycles. The first-order valence-electron chi connectivity index (χ1n) is 7.66. The number of hydrogen-bond donors (Lipinski definition) is 2. The summed E-state index contributed by atoms with van der Waals surface area (Å²) in [5, 5.41) is 13.5. The zero-order chi connectivity index (χ0) is 16.5. The van der Waals surface area contributed by atoms with Crippen LogP contribution < -0.4 is 10.1 Å². The molecule has 0 aromatic heterocycles. The fourth-order valence-corrected chi connectivity index (χ4v) is 2.61. The highest BCUT2D eigenvalue weighted by Gasteiger charge is 2.06. The van der Waals surface area contributed by atoms with Gasteiger partial charge in [-0.05, 0) is 55.3 Å². The third-order valence-corrected chi connectivity index (χ3v) is 3.85. The van der Waals surface area contributed by atoms with Crippen LogP contribution in [0.5, 0.6) is 5.75 Å². The summed E-state index contributed by atoms with van der Waals surface area (Å²) in [6.45, 7) is 2.21. The third-order valence-electron chi connectivity index (χ3n) is 3.38. The fraction of sp³-hybridized carbons (Fsp3) is 0.333. The van der Waals surface area contributed by atoms with E-state index in [1.54, 1.807) is 0 Å². The van der Waals surface area contributed by atoms with Crippen LogP contribution >= 0.6 is 23.2 Å². The van der Waals surface area contributed by atoms with Crippen LogP contribution in [0.2, 0.25) is 10.0 Å². The van der Waals surface area contributed by atoms with Crippen LogP contribution in [0.1, 0.15) is 24.0 Å². The quantitative estimate of drug-likeness (QED) is 0.655. The maximum Gasteiger partial charge on any atom is 0.124 e. The van der Waals surface area contributed by atoms with Gasteiger partial charge >= 0.3 is 0 Å². The van der Waals surface area contributed by atoms with Gasteiger partial charge < -0.3 is 15.2 Å². The Morgan fingerprint density at radius 1 is 1.00 bits per heavy atom. The second-order valence-electron chi connectivity index (χ2n) is 5.28. The van der Waals surface area contributed by atoms with Crippen molar-refractivity contribution >= 4 is 23.2 Å². The van der Waals surface area contributed by atoms with E-state index >= 15 is 0 Å². The molecule has 2 rings (SSSR count). The van der Waals surface area contributed by atoms with E-state index < -0.39 is 0 Å². The zero-order valence-electron chi connectivity index (χ0n) is 12.9. The lowest BCUT2D eigenvalue weighted by Gasteiger charge is -2.13. The first-order chi connectivity index (χ1) is 11.2. The molecule has 0 aliphatic carbocycles. The molecule has 23 heavy (non-hydrogen) atoms. The fourth-order valence-electron chi connectivity index (χ4n) is 2.20. The number of unbranched alkanes of at least 4 members (excludes halogenated alkanes) is 1. The molecule has 0 aliphatic heterocycles. The van der Waals surface area contributed by atoms with Crippen LogP contribution in [0, 0.1) is 0 Å². The molecule has 0 bridgehead atoms. The molecule has 2 aromatic rings. The van der Waals surface area contributed by atoms with Crippen molar-refractivity contribution in [2.45, 2.75) is 26.0 Å². The molecule has 3 nitrogen and oxygen atoms in total. The number of hydrogen-bond acceptors (Lipinski definition) is 3. The van der Waals surface area contributed by atoms with E-state index in [0.717, 1.165) is 36.3 Å². The molecular weight excluding hydrogens is 333 g/mol. The smallest absolute Gasteiger partial charge is 0.124 e. The summed E-state index contributed by atoms with van der Waals surface area (Å²) in [7, 11) is 0. The molecule has 5 heteroatoms. The van der Waals surface area contributed by atoms with Crippen LogP contribution in [0.3, 0.4) is 0 Å². The number of nitrogens with one attached hydrogen (secondary N) is 1. The summed E-state index contributed by atoms with van der Waals surface area (Å²) in [6.07, 6.45) is 1.75. The van der Waals surface area contributed by atoms with Gasteiger partial charge in [-0.25, -0.2) is 0 Å². The maximum atomic E-state index is 8.79. The summed E-state index contributed by atoms with van der Waals surface area (Å²) >= 11 is 12.1. The van der Waals surface area contributed by atoms with Gasteiger partial charge in [0, 0.05) is 28.8 Å². The van der Waals surface area contributed by atoms with E-state index in [9.17, 15) is 0 Å². The highest BCUT2D eigenvalue weighted by Crippen LogP contribution is 2.24. The second-order valence-corrected chi connectivity index (χ2v) is 6.15. The lowest BCUT2D eigenvalue weighted by Crippen LogP contribution is -2.15. The molecule has 0 saturated heterocycles. The third kappa shape index (κ3) is 6.40. The normalized spacial score (nSPS) is 10.7. The molecule has 0 saturated carbocycles. The predicted molar refractivity (Wildman–Crippen MR) is 95.3 cm³/mol. The number of ether oxygens (including phenoxy) is 1. The van der Waals surface area contributed by atoms with Crippen molar-refractivity contribution in [3.8, 4) is 5.75 Å². The maximum absolute atomic E-state index is 8.79. The minimum atomic E-state index is 0.229. The van der Waals surface area contributed by atoms with Crippen molar-refractivity contribution in [3.63, 3.8) is 0 Å². The lowest BCUT2D eigenvalue weighted by molar-refractivity contribution is 0.283. The Balaban J connectivity index is 1.94. The van der Waals surface area contributed by atoms with E-state index in [0.29, 0.717) is 23.2 Å². The highest BCUT2D eigenvalue weighted by atomic mass is 35.5. The molecule has 0 amide bonds. The van der Waals surface area contributed by atoms with Crippen molar-refractivity contribution < 1.29 is 9.84 Å². The van der Waals surface area contributed by atoms with E-state index in [-0.39, 0.29) is 6.61 Å². The van der Waals surface area contributed by atoms with Gasteiger partial charge in [-0.3, -0.25) is 0 Å². The van der Waals surface area contributed by atoms with Gasteiger partial charge in [0.1, 0.15) is 12.4 Å². The number of halogens is 2. The van der Waals surface area contributed by atoms with Gasteiger partial charge in [0.05, 0.1) is 0 Å². The summed E-state index contributed by atoms with van der Waals surface area (Å²) in [5.41, 5.74) is 2.04. The lowest BCUT2D eigenvalue weighted by atomic mass is 10.2. The summed E-state index contributed by atoms with van der Waals surface area (Å²) in [4.78, 5) is 0. The SMILES string of the molecule is OCCCCNCc1cc(Cl)ccc1OCc1cccc(Cl)c1. The van der Waals surface area contributed by atoms with Gasteiger partial charge in [0.25, 0.3) is 0 Å². The van der Waals surface area contributed by atoms with Crippen molar-refractivity contribution in [2.75, 3.05) is 13.2 Å². The minimum Gasteiger partial charge on any atom is -0.489 e. The van der Waals surface area contributed by atoms with Crippen LogP contribution in [0.25, 0.3) is 0 Å². The Labute approximate surface area is 147 Å². The number of aliphatic hydroxyl groups excluding tert-OH is 1. The number of aliphatic hydroxyl groups is 1. The van der Waals surface area contributed by atoms with Crippen molar-refractivity contribution in [3.05, 3.63) is 63.6 Å². The molecule has 2 aromatic carbocycles. The van der Waals surface area contributed by atoms with E-state index in [1.807, 2.05) is 42.5 Å². The topological polar surface area (TPSA) is 41.5 Å². The predicted octanol–water partition coefficient (Wildman–Crippen LogP) is 4.43. The Hall–Kier alpha value is -1.26. The standard InChI is InChI=1S/C18H21Cl2NO2/c19-16-5-3-4-14(10-16)13-23-18-7-6-17(20)11-15(18)12-21-8-1-2-9-22/h3-7,10-11,21-22H,1-2,8-9,12-13H2. The van der Waals surface area contributed by atoms with Crippen molar-refractivity contribution in [1.29, 1.82) is 0 Å². The average molecular weight is 354 g/mol. The molecule has 0 atom stereocenters. The molecule has 0 radical (unpaired) electrons. The Morgan fingerprint density at radius 3 is 2.61 bits per heavy atom. The summed E-state index contributed by atoms with van der Waals surface area (Å²) < 4.78 is 5.91. The van der Waals surface area contributed by atoms with Crippen molar-refractivity contribution in [1.82, 2.24) is 5.32 Å². The number of rotatable bonds is 9. The molecule has 124 valence electrons. The van der Waals surface area contributed by atoms with Crippen LogP contribution in [-0.4, -0.2) is 18.3 Å². The zero-order valence-corrected chi connectivity index (χ0v) is 14.4. The van der Waals surface area contributed by atoms with Gasteiger partial charge in [-0.15, -0.1) is 0 Å². The van der Waals surface area contributed by atoms with Gasteiger partial charge in [0.2, 0.25) is 0 Å². The monoisotopic (exact) mass is 353 g/mol. The van der Waals surface area contributed by atoms with E-state index in [4.69, 9.17) is 33.0 Å². The van der Waals surface area contributed by atoms with E-state index in [2.05, 4.69) is 5.32 Å². The van der Waals surface area contributed by atoms with Crippen molar-refractivity contribution in [2.24, 2.45) is 0 Å². The first kappa shape index (κ1) is 18.1. The van der Waals surface area contributed by atoms with Gasteiger partial charge in [-0.1, -0.05) is 35.3 Å². The van der Waals surface area contributed by atoms with Crippen LogP contribution in [-0.2, 0) is 13.2 Å². The van der Waals surface area contributed by atoms with Gasteiger partial charge in [0.15, 0.2) is 0 Å². The Morgan fingerprint density at radius 2 is 1.83 bits per heavy atom. The molecule has 0 unspecified atom stereocenters. The average Bonchev–Trinajstić information content (AvgIpc) is 2.54. The molecule has 0 fully saturated rings. The molecule has 2 N–H and O–H groups in total. The molecular formula is C18H21Cl2NO2. The Bertz CT molecular complexity index is 620. The minimum absolute atomic E-state index is 0.229. The Kier molecular flexibility index (Phi) is 7.69. The summed E-state index contributed by atoms with van der Waals surface area (Å²) in [6, 6.07) is 13.2. The van der Waals surface area contributed by atoms with E-state index in [1.165, 1.54) is 0 Å². The second kappa shape index (κ2) is 9.78. The molecule has 0 spiro atoms.